The number of pyridine rings is 1. The van der Waals surface area contributed by atoms with Gasteiger partial charge >= 0.3 is 0 Å². The molecule has 0 unspecified atom stereocenters. The number of nitrogens with zero attached hydrogens (tertiary/aromatic N) is 4. The lowest BCUT2D eigenvalue weighted by molar-refractivity contribution is 0.102. The molecule has 1 amide bonds. The third kappa shape index (κ3) is 2.82. The molecule has 0 bridgehead atoms. The van der Waals surface area contributed by atoms with Gasteiger partial charge in [-0.3, -0.25) is 10.1 Å². The minimum atomic E-state index is -0.245. The fraction of sp³-hybridized carbons (Fsp3) is 0.143. The maximum absolute atomic E-state index is 12.4. The first-order valence-corrected chi connectivity index (χ1v) is 7.30. The minimum absolute atomic E-state index is 0.245. The first kappa shape index (κ1) is 13.4. The van der Waals surface area contributed by atoms with Crippen molar-refractivity contribution in [3.05, 3.63) is 53.4 Å². The third-order valence-electron chi connectivity index (χ3n) is 2.88. The number of anilines is 1. The van der Waals surface area contributed by atoms with Gasteiger partial charge < -0.3 is 0 Å². The number of aryl methyl sites for hydroxylation is 1. The zero-order chi connectivity index (χ0) is 14.7. The van der Waals surface area contributed by atoms with Crippen molar-refractivity contribution in [1.82, 2.24) is 19.7 Å². The van der Waals surface area contributed by atoms with E-state index in [1.165, 1.54) is 11.3 Å². The summed E-state index contributed by atoms with van der Waals surface area (Å²) in [6.45, 7) is 2.05. The Kier molecular flexibility index (Phi) is 3.74. The van der Waals surface area contributed by atoms with Gasteiger partial charge in [-0.2, -0.15) is 5.10 Å². The molecule has 0 radical (unpaired) electrons. The molecule has 3 aromatic rings. The summed E-state index contributed by atoms with van der Waals surface area (Å²) in [5.41, 5.74) is 0.453. The highest BCUT2D eigenvalue weighted by Gasteiger charge is 2.15. The van der Waals surface area contributed by atoms with Crippen LogP contribution in [0.25, 0.3) is 5.82 Å². The van der Waals surface area contributed by atoms with Crippen molar-refractivity contribution in [1.29, 1.82) is 0 Å². The largest absolute Gasteiger partial charge is 0.298 e. The van der Waals surface area contributed by atoms with Crippen LogP contribution in [0.5, 0.6) is 0 Å². The lowest BCUT2D eigenvalue weighted by Gasteiger charge is -2.07. The smallest absolute Gasteiger partial charge is 0.261 e. The molecule has 21 heavy (non-hydrogen) atoms. The Morgan fingerprint density at radius 1 is 1.33 bits per heavy atom. The average molecular weight is 299 g/mol. The molecule has 0 saturated carbocycles. The van der Waals surface area contributed by atoms with Crippen LogP contribution in [0.2, 0.25) is 0 Å². The summed E-state index contributed by atoms with van der Waals surface area (Å²) in [4.78, 5) is 21.9. The number of hydrogen-bond donors (Lipinski definition) is 1. The zero-order valence-electron chi connectivity index (χ0n) is 11.4. The van der Waals surface area contributed by atoms with E-state index in [2.05, 4.69) is 27.3 Å². The second-order valence-electron chi connectivity index (χ2n) is 4.26. The minimum Gasteiger partial charge on any atom is -0.298 e. The highest BCUT2D eigenvalue weighted by molar-refractivity contribution is 7.15. The second kappa shape index (κ2) is 5.84. The van der Waals surface area contributed by atoms with E-state index in [4.69, 9.17) is 0 Å². The van der Waals surface area contributed by atoms with E-state index < -0.39 is 0 Å². The summed E-state index contributed by atoms with van der Waals surface area (Å²) >= 11 is 1.47. The summed E-state index contributed by atoms with van der Waals surface area (Å²) < 4.78 is 1.56. The van der Waals surface area contributed by atoms with Gasteiger partial charge in [0.05, 0.1) is 5.56 Å². The van der Waals surface area contributed by atoms with E-state index >= 15 is 0 Å². The van der Waals surface area contributed by atoms with E-state index in [0.717, 1.165) is 11.3 Å². The van der Waals surface area contributed by atoms with Crippen LogP contribution in [-0.2, 0) is 6.42 Å². The Bertz CT molecular complexity index is 750. The zero-order valence-corrected chi connectivity index (χ0v) is 12.2. The van der Waals surface area contributed by atoms with Crippen LogP contribution in [0.4, 0.5) is 5.13 Å². The standard InChI is InChI=1S/C14H13N5OS/c1-2-10-9-16-14(21-10)18-13(20)11-5-3-6-15-12(11)19-8-4-7-17-19/h3-9H,2H2,1H3,(H,16,18,20). The number of nitrogens with one attached hydrogen (secondary N) is 1. The fourth-order valence-corrected chi connectivity index (χ4v) is 2.59. The van der Waals surface area contributed by atoms with E-state index in [1.54, 1.807) is 47.7 Å². The lowest BCUT2D eigenvalue weighted by Crippen LogP contribution is -2.16. The van der Waals surface area contributed by atoms with E-state index in [-0.39, 0.29) is 5.91 Å². The van der Waals surface area contributed by atoms with Crippen molar-refractivity contribution in [3.63, 3.8) is 0 Å². The van der Waals surface area contributed by atoms with Crippen molar-refractivity contribution in [2.24, 2.45) is 0 Å². The van der Waals surface area contributed by atoms with Gasteiger partial charge in [-0.25, -0.2) is 14.6 Å². The Morgan fingerprint density at radius 3 is 2.95 bits per heavy atom. The summed E-state index contributed by atoms with van der Waals surface area (Å²) in [5.74, 6) is 0.248. The predicted molar refractivity (Wildman–Crippen MR) is 80.8 cm³/mol. The third-order valence-corrected chi connectivity index (χ3v) is 3.93. The van der Waals surface area contributed by atoms with Gasteiger partial charge in [0.2, 0.25) is 0 Å². The van der Waals surface area contributed by atoms with Crippen molar-refractivity contribution in [2.45, 2.75) is 13.3 Å². The van der Waals surface area contributed by atoms with Gasteiger partial charge in [-0.1, -0.05) is 6.92 Å². The number of hydrogen-bond acceptors (Lipinski definition) is 5. The van der Waals surface area contributed by atoms with E-state index in [1.807, 2.05) is 0 Å². The van der Waals surface area contributed by atoms with Crippen LogP contribution < -0.4 is 5.32 Å². The van der Waals surface area contributed by atoms with Crippen molar-refractivity contribution < 1.29 is 4.79 Å². The Balaban J connectivity index is 1.88. The molecule has 3 aromatic heterocycles. The van der Waals surface area contributed by atoms with Crippen LogP contribution >= 0.6 is 11.3 Å². The van der Waals surface area contributed by atoms with Gasteiger partial charge in [-0.15, -0.1) is 11.3 Å². The highest BCUT2D eigenvalue weighted by atomic mass is 32.1. The molecule has 0 atom stereocenters. The summed E-state index contributed by atoms with van der Waals surface area (Å²) in [7, 11) is 0. The normalized spacial score (nSPS) is 10.5. The molecule has 0 saturated heterocycles. The molecule has 3 heterocycles. The molecule has 0 aliphatic heterocycles. The van der Waals surface area contributed by atoms with Gasteiger partial charge in [0.1, 0.15) is 0 Å². The monoisotopic (exact) mass is 299 g/mol. The maximum Gasteiger partial charge on any atom is 0.261 e. The van der Waals surface area contributed by atoms with Gasteiger partial charge in [-0.05, 0) is 24.6 Å². The molecule has 3 rings (SSSR count). The van der Waals surface area contributed by atoms with Crippen LogP contribution in [0.1, 0.15) is 22.2 Å². The van der Waals surface area contributed by atoms with Crippen molar-refractivity contribution in [3.8, 4) is 5.82 Å². The molecule has 7 heteroatoms. The molecule has 0 aliphatic rings. The Morgan fingerprint density at radius 2 is 2.24 bits per heavy atom. The fourth-order valence-electron chi connectivity index (χ4n) is 1.84. The Hall–Kier alpha value is -2.54. The number of amides is 1. The van der Waals surface area contributed by atoms with Crippen molar-refractivity contribution in [2.75, 3.05) is 5.32 Å². The number of thiazole rings is 1. The quantitative estimate of drug-likeness (QED) is 0.803. The van der Waals surface area contributed by atoms with Crippen molar-refractivity contribution >= 4 is 22.4 Å². The summed E-state index contributed by atoms with van der Waals surface area (Å²) in [5, 5.41) is 7.51. The topological polar surface area (TPSA) is 72.7 Å². The molecular formula is C14H13N5OS. The highest BCUT2D eigenvalue weighted by Crippen LogP contribution is 2.20. The van der Waals surface area contributed by atoms with Crippen LogP contribution in [0, 0.1) is 0 Å². The second-order valence-corrected chi connectivity index (χ2v) is 5.38. The van der Waals surface area contributed by atoms with Gasteiger partial charge in [0.15, 0.2) is 10.9 Å². The summed E-state index contributed by atoms with van der Waals surface area (Å²) in [6.07, 6.45) is 7.70. The molecule has 106 valence electrons. The molecule has 1 N–H and O–H groups in total. The number of aromatic nitrogens is 4. The molecule has 6 nitrogen and oxygen atoms in total. The molecular weight excluding hydrogens is 286 g/mol. The number of carbonyl (C=O) groups excluding carboxylic acids is 1. The van der Waals surface area contributed by atoms with E-state index in [9.17, 15) is 4.79 Å². The molecule has 0 aliphatic carbocycles. The number of rotatable bonds is 4. The van der Waals surface area contributed by atoms with Crippen LogP contribution in [0.15, 0.2) is 43.0 Å². The molecule has 0 fully saturated rings. The first-order chi connectivity index (χ1) is 10.3. The first-order valence-electron chi connectivity index (χ1n) is 6.49. The molecule has 0 spiro atoms. The lowest BCUT2D eigenvalue weighted by atomic mass is 10.2. The summed E-state index contributed by atoms with van der Waals surface area (Å²) in [6, 6.07) is 5.22. The van der Waals surface area contributed by atoms with Crippen LogP contribution in [-0.4, -0.2) is 25.7 Å². The number of carbonyl (C=O) groups is 1. The predicted octanol–water partition coefficient (Wildman–Crippen LogP) is 2.54. The van der Waals surface area contributed by atoms with E-state index in [0.29, 0.717) is 16.5 Å². The van der Waals surface area contributed by atoms with Crippen LogP contribution in [0.3, 0.4) is 0 Å². The van der Waals surface area contributed by atoms with Gasteiger partial charge in [0, 0.05) is 29.7 Å². The average Bonchev–Trinajstić information content (AvgIpc) is 3.18. The van der Waals surface area contributed by atoms with Gasteiger partial charge in [0.25, 0.3) is 5.91 Å². The SMILES string of the molecule is CCc1cnc(NC(=O)c2cccnc2-n2cccn2)s1. The Labute approximate surface area is 125 Å². The maximum atomic E-state index is 12.4. The molecule has 0 aromatic carbocycles.